The standard InChI is InChI=1S/C13H17NO4S2/c1-10-13(8-11(9-15)18-10)20(16,17)14(2)6-5-12-4-3-7-19-12/h3-4,7-8,15H,5-6,9H2,1-2H3. The summed E-state index contributed by atoms with van der Waals surface area (Å²) < 4.78 is 31.4. The van der Waals surface area contributed by atoms with Gasteiger partial charge in [-0.15, -0.1) is 11.3 Å². The van der Waals surface area contributed by atoms with Gasteiger partial charge in [-0.2, -0.15) is 0 Å². The van der Waals surface area contributed by atoms with Gasteiger partial charge in [0.1, 0.15) is 23.0 Å². The zero-order valence-corrected chi connectivity index (χ0v) is 13.0. The van der Waals surface area contributed by atoms with E-state index in [0.717, 1.165) is 4.88 Å². The van der Waals surface area contributed by atoms with Crippen molar-refractivity contribution in [1.29, 1.82) is 0 Å². The van der Waals surface area contributed by atoms with E-state index in [1.807, 2.05) is 17.5 Å². The minimum atomic E-state index is -3.58. The predicted molar refractivity (Wildman–Crippen MR) is 77.2 cm³/mol. The van der Waals surface area contributed by atoms with Crippen LogP contribution in [-0.2, 0) is 23.1 Å². The Kier molecular flexibility index (Phi) is 4.64. The Morgan fingerprint density at radius 1 is 1.45 bits per heavy atom. The lowest BCUT2D eigenvalue weighted by Gasteiger charge is -2.15. The van der Waals surface area contributed by atoms with Crippen molar-refractivity contribution in [3.63, 3.8) is 0 Å². The highest BCUT2D eigenvalue weighted by Gasteiger charge is 2.25. The zero-order chi connectivity index (χ0) is 14.8. The minimum Gasteiger partial charge on any atom is -0.462 e. The maximum atomic E-state index is 12.4. The second-order valence-corrected chi connectivity index (χ2v) is 7.49. The topological polar surface area (TPSA) is 70.8 Å². The second-order valence-electron chi connectivity index (χ2n) is 4.45. The van der Waals surface area contributed by atoms with E-state index >= 15 is 0 Å². The van der Waals surface area contributed by atoms with E-state index < -0.39 is 10.0 Å². The molecule has 0 spiro atoms. The summed E-state index contributed by atoms with van der Waals surface area (Å²) in [5.74, 6) is 0.560. The third-order valence-electron chi connectivity index (χ3n) is 3.02. The summed E-state index contributed by atoms with van der Waals surface area (Å²) in [6.45, 7) is 1.68. The number of hydrogen-bond donors (Lipinski definition) is 1. The molecule has 0 fully saturated rings. The molecule has 5 nitrogen and oxygen atoms in total. The van der Waals surface area contributed by atoms with Crippen LogP contribution in [0.4, 0.5) is 0 Å². The van der Waals surface area contributed by atoms with E-state index in [1.165, 1.54) is 10.4 Å². The Balaban J connectivity index is 2.14. The third-order valence-corrected chi connectivity index (χ3v) is 5.92. The Hall–Kier alpha value is -1.15. The van der Waals surface area contributed by atoms with Gasteiger partial charge in [0.05, 0.1) is 0 Å². The number of likely N-dealkylation sites (N-methyl/N-ethyl adjacent to an activating group) is 1. The summed E-state index contributed by atoms with van der Waals surface area (Å²) >= 11 is 1.61. The number of sulfonamides is 1. The molecule has 110 valence electrons. The van der Waals surface area contributed by atoms with Gasteiger partial charge in [0, 0.05) is 24.5 Å². The van der Waals surface area contributed by atoms with Crippen molar-refractivity contribution in [1.82, 2.24) is 4.31 Å². The molecule has 0 atom stereocenters. The molecule has 7 heteroatoms. The van der Waals surface area contributed by atoms with Crippen LogP contribution in [0.1, 0.15) is 16.4 Å². The van der Waals surface area contributed by atoms with Crippen LogP contribution in [0.15, 0.2) is 32.9 Å². The Bertz CT molecular complexity index is 659. The van der Waals surface area contributed by atoms with Gasteiger partial charge in [-0.1, -0.05) is 6.07 Å². The molecule has 2 aromatic heterocycles. The molecule has 0 aromatic carbocycles. The maximum absolute atomic E-state index is 12.4. The van der Waals surface area contributed by atoms with Crippen LogP contribution in [0.3, 0.4) is 0 Å². The lowest BCUT2D eigenvalue weighted by molar-refractivity contribution is 0.244. The monoisotopic (exact) mass is 315 g/mol. The number of aryl methyl sites for hydroxylation is 1. The Morgan fingerprint density at radius 3 is 2.75 bits per heavy atom. The van der Waals surface area contributed by atoms with Gasteiger partial charge in [0.15, 0.2) is 0 Å². The largest absolute Gasteiger partial charge is 0.462 e. The van der Waals surface area contributed by atoms with Crippen LogP contribution in [-0.4, -0.2) is 31.4 Å². The lowest BCUT2D eigenvalue weighted by atomic mass is 10.3. The van der Waals surface area contributed by atoms with E-state index in [1.54, 1.807) is 25.3 Å². The maximum Gasteiger partial charge on any atom is 0.246 e. The minimum absolute atomic E-state index is 0.121. The van der Waals surface area contributed by atoms with Crippen molar-refractivity contribution >= 4 is 21.4 Å². The van der Waals surface area contributed by atoms with Crippen LogP contribution in [0.2, 0.25) is 0 Å². The normalized spacial score (nSPS) is 12.2. The second kappa shape index (κ2) is 6.09. The molecule has 0 aliphatic rings. The smallest absolute Gasteiger partial charge is 0.246 e. The summed E-state index contributed by atoms with van der Waals surface area (Å²) in [5, 5.41) is 11.0. The average molecular weight is 315 g/mol. The molecule has 20 heavy (non-hydrogen) atoms. The van der Waals surface area contributed by atoms with Crippen molar-refractivity contribution in [3.05, 3.63) is 40.0 Å². The van der Waals surface area contributed by atoms with Crippen molar-refractivity contribution in [3.8, 4) is 0 Å². The van der Waals surface area contributed by atoms with Gasteiger partial charge in [-0.25, -0.2) is 12.7 Å². The first-order valence-electron chi connectivity index (χ1n) is 6.14. The van der Waals surface area contributed by atoms with Gasteiger partial charge < -0.3 is 9.52 Å². The number of hydrogen-bond acceptors (Lipinski definition) is 5. The highest BCUT2D eigenvalue weighted by atomic mass is 32.2. The summed E-state index contributed by atoms with van der Waals surface area (Å²) in [4.78, 5) is 1.27. The lowest BCUT2D eigenvalue weighted by Crippen LogP contribution is -2.29. The van der Waals surface area contributed by atoms with Gasteiger partial charge in [0.2, 0.25) is 10.0 Å². The van der Waals surface area contributed by atoms with Gasteiger partial charge in [-0.3, -0.25) is 0 Å². The van der Waals surface area contributed by atoms with E-state index in [4.69, 9.17) is 9.52 Å². The first kappa shape index (κ1) is 15.2. The molecule has 2 rings (SSSR count). The predicted octanol–water partition coefficient (Wildman–Crippen LogP) is 2.01. The molecule has 0 amide bonds. The van der Waals surface area contributed by atoms with E-state index in [2.05, 4.69) is 0 Å². The summed E-state index contributed by atoms with van der Waals surface area (Å²) in [7, 11) is -2.03. The zero-order valence-electron chi connectivity index (χ0n) is 11.4. The van der Waals surface area contributed by atoms with Crippen LogP contribution < -0.4 is 0 Å². The molecular formula is C13H17NO4S2. The molecule has 0 saturated carbocycles. The fourth-order valence-electron chi connectivity index (χ4n) is 1.87. The SMILES string of the molecule is Cc1oc(CO)cc1S(=O)(=O)N(C)CCc1cccs1. The van der Waals surface area contributed by atoms with Crippen LogP contribution in [0.25, 0.3) is 0 Å². The van der Waals surface area contributed by atoms with Crippen molar-refractivity contribution < 1.29 is 17.9 Å². The molecule has 0 bridgehead atoms. The molecule has 0 aliphatic carbocycles. The van der Waals surface area contributed by atoms with Crippen molar-refractivity contribution in [2.45, 2.75) is 24.8 Å². The van der Waals surface area contributed by atoms with Crippen LogP contribution in [0, 0.1) is 6.92 Å². The Labute approximate surface area is 122 Å². The van der Waals surface area contributed by atoms with Gasteiger partial charge in [-0.05, 0) is 24.8 Å². The molecule has 0 unspecified atom stereocenters. The number of aliphatic hydroxyl groups is 1. The molecule has 0 radical (unpaired) electrons. The third kappa shape index (κ3) is 3.12. The first-order chi connectivity index (χ1) is 9.45. The highest BCUT2D eigenvalue weighted by Crippen LogP contribution is 2.23. The molecule has 0 saturated heterocycles. The summed E-state index contributed by atoms with van der Waals surface area (Å²) in [5.41, 5.74) is 0. The van der Waals surface area contributed by atoms with Gasteiger partial charge in [0.25, 0.3) is 0 Å². The fraction of sp³-hybridized carbons (Fsp3) is 0.385. The van der Waals surface area contributed by atoms with Crippen molar-refractivity contribution in [2.75, 3.05) is 13.6 Å². The van der Waals surface area contributed by atoms with Gasteiger partial charge >= 0.3 is 0 Å². The molecular weight excluding hydrogens is 298 g/mol. The van der Waals surface area contributed by atoms with E-state index in [-0.39, 0.29) is 17.3 Å². The number of furan rings is 1. The number of nitrogens with zero attached hydrogens (tertiary/aromatic N) is 1. The average Bonchev–Trinajstić information content (AvgIpc) is 3.04. The van der Waals surface area contributed by atoms with E-state index in [0.29, 0.717) is 18.7 Å². The quantitative estimate of drug-likeness (QED) is 0.885. The van der Waals surface area contributed by atoms with E-state index in [9.17, 15) is 8.42 Å². The van der Waals surface area contributed by atoms with Crippen LogP contribution >= 0.6 is 11.3 Å². The Morgan fingerprint density at radius 2 is 2.20 bits per heavy atom. The first-order valence-corrected chi connectivity index (χ1v) is 8.46. The summed E-state index contributed by atoms with van der Waals surface area (Å²) in [6.07, 6.45) is 0.678. The number of thiophene rings is 1. The van der Waals surface area contributed by atoms with Crippen LogP contribution in [0.5, 0.6) is 0 Å². The number of rotatable bonds is 6. The fourth-order valence-corrected chi connectivity index (χ4v) is 3.92. The molecule has 2 heterocycles. The number of aliphatic hydroxyl groups excluding tert-OH is 1. The molecule has 2 aromatic rings. The van der Waals surface area contributed by atoms with Crippen molar-refractivity contribution in [2.24, 2.45) is 0 Å². The highest BCUT2D eigenvalue weighted by molar-refractivity contribution is 7.89. The summed E-state index contributed by atoms with van der Waals surface area (Å²) in [6, 6.07) is 5.31. The molecule has 1 N–H and O–H groups in total. The molecule has 0 aliphatic heterocycles.